The highest BCUT2D eigenvalue weighted by atomic mass is 16.5. The Morgan fingerprint density at radius 3 is 2.48 bits per heavy atom. The molecule has 1 aromatic rings. The number of nitrogens with zero attached hydrogens (tertiary/aromatic N) is 2. The van der Waals surface area contributed by atoms with Gasteiger partial charge < -0.3 is 20.1 Å². The lowest BCUT2D eigenvalue weighted by Crippen LogP contribution is -2.50. The fraction of sp³-hybridized carbons (Fsp3) is 0.708. The number of esters is 1. The average molecular weight is 432 g/mol. The largest absolute Gasteiger partial charge is 0.481 e. The number of amides is 1. The molecule has 2 fully saturated rings. The highest BCUT2D eigenvalue weighted by molar-refractivity contribution is 5.88. The third-order valence-corrected chi connectivity index (χ3v) is 6.77. The number of likely N-dealkylation sites (tertiary alicyclic amines) is 1. The van der Waals surface area contributed by atoms with Gasteiger partial charge in [-0.25, -0.2) is 9.78 Å². The van der Waals surface area contributed by atoms with Crippen LogP contribution in [0.5, 0.6) is 5.88 Å². The van der Waals surface area contributed by atoms with E-state index in [0.29, 0.717) is 5.88 Å². The molecule has 1 aliphatic heterocycles. The normalized spacial score (nSPS) is 27.2. The Kier molecular flexibility index (Phi) is 7.24. The lowest BCUT2D eigenvalue weighted by Gasteiger charge is -2.36. The molecule has 0 radical (unpaired) electrons. The Labute approximate surface area is 185 Å². The molecule has 172 valence electrons. The Hall–Kier alpha value is -2.15. The number of nitrogens with two attached hydrogens (primary N) is 1. The van der Waals surface area contributed by atoms with Gasteiger partial charge in [-0.2, -0.15) is 0 Å². The van der Waals surface area contributed by atoms with Crippen LogP contribution in [0.3, 0.4) is 0 Å². The summed E-state index contributed by atoms with van der Waals surface area (Å²) in [7, 11) is 1.56. The minimum absolute atomic E-state index is 0.00383. The molecule has 1 saturated carbocycles. The quantitative estimate of drug-likeness (QED) is 0.717. The summed E-state index contributed by atoms with van der Waals surface area (Å²) in [6.45, 7) is 8.24. The first kappa shape index (κ1) is 23.5. The van der Waals surface area contributed by atoms with Gasteiger partial charge in [0.1, 0.15) is 6.04 Å². The fourth-order valence-electron chi connectivity index (χ4n) is 5.47. The topological polar surface area (TPSA) is 94.8 Å². The van der Waals surface area contributed by atoms with Gasteiger partial charge in [-0.1, -0.05) is 40.0 Å². The third kappa shape index (κ3) is 4.56. The monoisotopic (exact) mass is 431 g/mol. The number of pyridine rings is 1. The van der Waals surface area contributed by atoms with Gasteiger partial charge in [0.05, 0.1) is 19.8 Å². The number of carbonyl (C=O) groups excluding carboxylic acids is 2. The molecular weight excluding hydrogens is 394 g/mol. The van der Waals surface area contributed by atoms with Gasteiger partial charge in [0.25, 0.3) is 0 Å². The predicted octanol–water partition coefficient (Wildman–Crippen LogP) is 3.48. The van der Waals surface area contributed by atoms with Gasteiger partial charge in [-0.05, 0) is 37.3 Å². The molecule has 0 aromatic carbocycles. The molecule has 0 spiro atoms. The van der Waals surface area contributed by atoms with E-state index in [2.05, 4.69) is 25.8 Å². The van der Waals surface area contributed by atoms with Crippen molar-refractivity contribution in [3.63, 3.8) is 0 Å². The Balaban J connectivity index is 2.15. The minimum Gasteiger partial charge on any atom is -0.481 e. The highest BCUT2D eigenvalue weighted by Crippen LogP contribution is 2.49. The zero-order valence-electron chi connectivity index (χ0n) is 19.5. The van der Waals surface area contributed by atoms with Crippen LogP contribution >= 0.6 is 0 Å². The summed E-state index contributed by atoms with van der Waals surface area (Å²) in [5, 5.41) is 0. The van der Waals surface area contributed by atoms with Gasteiger partial charge in [0, 0.05) is 29.6 Å². The van der Waals surface area contributed by atoms with E-state index < -0.39 is 18.1 Å². The molecule has 2 N–H and O–H groups in total. The molecule has 1 amide bonds. The second-order valence-electron chi connectivity index (χ2n) is 9.79. The summed E-state index contributed by atoms with van der Waals surface area (Å²) in [5.74, 6) is -0.319. The summed E-state index contributed by atoms with van der Waals surface area (Å²) < 4.78 is 11.0. The van der Waals surface area contributed by atoms with Crippen molar-refractivity contribution in [2.24, 2.45) is 23.0 Å². The molecule has 7 heteroatoms. The number of hydrogen-bond donors (Lipinski definition) is 1. The zero-order valence-corrected chi connectivity index (χ0v) is 19.5. The summed E-state index contributed by atoms with van der Waals surface area (Å²) >= 11 is 0. The van der Waals surface area contributed by atoms with Crippen molar-refractivity contribution in [1.29, 1.82) is 0 Å². The van der Waals surface area contributed by atoms with Crippen LogP contribution in [0.2, 0.25) is 0 Å². The maximum absolute atomic E-state index is 13.9. The SMILES string of the molecule is CCOC(=O)[C@@H]1[C@@H](C(C)(C)C)[C@H](N)[C@H](c2cccnc2OC)N1C(=O)C1CCCCC1. The number of ether oxygens (including phenoxy) is 2. The fourth-order valence-corrected chi connectivity index (χ4v) is 5.47. The van der Waals surface area contributed by atoms with E-state index in [1.54, 1.807) is 25.1 Å². The molecule has 1 saturated heterocycles. The van der Waals surface area contributed by atoms with E-state index in [9.17, 15) is 9.59 Å². The lowest BCUT2D eigenvalue weighted by atomic mass is 9.73. The van der Waals surface area contributed by atoms with Gasteiger partial charge in [0.2, 0.25) is 11.8 Å². The molecule has 2 heterocycles. The van der Waals surface area contributed by atoms with E-state index >= 15 is 0 Å². The van der Waals surface area contributed by atoms with Crippen molar-refractivity contribution in [2.45, 2.75) is 77.9 Å². The first-order valence-corrected chi connectivity index (χ1v) is 11.5. The molecule has 31 heavy (non-hydrogen) atoms. The minimum atomic E-state index is -0.737. The molecule has 2 aliphatic rings. The van der Waals surface area contributed by atoms with Crippen molar-refractivity contribution in [3.8, 4) is 5.88 Å². The molecule has 3 rings (SSSR count). The maximum atomic E-state index is 13.9. The summed E-state index contributed by atoms with van der Waals surface area (Å²) in [4.78, 5) is 33.3. The van der Waals surface area contributed by atoms with E-state index in [0.717, 1.165) is 37.7 Å². The van der Waals surface area contributed by atoms with E-state index in [4.69, 9.17) is 15.2 Å². The molecule has 0 unspecified atom stereocenters. The predicted molar refractivity (Wildman–Crippen MR) is 118 cm³/mol. The number of hydrogen-bond acceptors (Lipinski definition) is 6. The second-order valence-corrected chi connectivity index (χ2v) is 9.79. The van der Waals surface area contributed by atoms with Crippen LogP contribution in [0.1, 0.15) is 71.4 Å². The van der Waals surface area contributed by atoms with Crippen molar-refractivity contribution in [3.05, 3.63) is 23.9 Å². The molecular formula is C24H37N3O4. The number of rotatable bonds is 5. The van der Waals surface area contributed by atoms with Crippen LogP contribution in [-0.2, 0) is 14.3 Å². The summed E-state index contributed by atoms with van der Waals surface area (Å²) in [6, 6.07) is 2.01. The van der Waals surface area contributed by atoms with Crippen molar-refractivity contribution >= 4 is 11.9 Å². The van der Waals surface area contributed by atoms with Crippen LogP contribution in [0.25, 0.3) is 0 Å². The van der Waals surface area contributed by atoms with Crippen LogP contribution in [0.4, 0.5) is 0 Å². The van der Waals surface area contributed by atoms with Crippen molar-refractivity contribution in [2.75, 3.05) is 13.7 Å². The Bertz CT molecular complexity index is 785. The van der Waals surface area contributed by atoms with Gasteiger partial charge in [-0.3, -0.25) is 4.79 Å². The molecule has 1 aliphatic carbocycles. The van der Waals surface area contributed by atoms with Gasteiger partial charge in [-0.15, -0.1) is 0 Å². The first-order valence-electron chi connectivity index (χ1n) is 11.5. The highest BCUT2D eigenvalue weighted by Gasteiger charge is 2.58. The van der Waals surface area contributed by atoms with Crippen LogP contribution in [0.15, 0.2) is 18.3 Å². The standard InChI is InChI=1S/C24H37N3O4/c1-6-31-23(29)20-17(24(2,3)4)18(25)19(16-13-10-14-26-21(16)30-5)27(20)22(28)15-11-8-7-9-12-15/h10,13-15,17-20H,6-9,11-12,25H2,1-5H3/t17-,18-,19-,20-/m0/s1. The average Bonchev–Trinajstić information content (AvgIpc) is 3.07. The maximum Gasteiger partial charge on any atom is 0.329 e. The first-order chi connectivity index (χ1) is 14.7. The van der Waals surface area contributed by atoms with Gasteiger partial charge >= 0.3 is 5.97 Å². The number of aromatic nitrogens is 1. The molecule has 0 bridgehead atoms. The smallest absolute Gasteiger partial charge is 0.329 e. The van der Waals surface area contributed by atoms with E-state index in [1.807, 2.05) is 12.1 Å². The molecule has 4 atom stereocenters. The van der Waals surface area contributed by atoms with Crippen molar-refractivity contribution in [1.82, 2.24) is 9.88 Å². The number of carbonyl (C=O) groups is 2. The Morgan fingerprint density at radius 2 is 1.90 bits per heavy atom. The van der Waals surface area contributed by atoms with Crippen LogP contribution in [0, 0.1) is 17.3 Å². The number of methoxy groups -OCH3 is 1. The Morgan fingerprint density at radius 1 is 1.23 bits per heavy atom. The van der Waals surface area contributed by atoms with Crippen LogP contribution < -0.4 is 10.5 Å². The van der Waals surface area contributed by atoms with E-state index in [-0.39, 0.29) is 35.7 Å². The summed E-state index contributed by atoms with van der Waals surface area (Å²) in [5.41, 5.74) is 7.29. The van der Waals surface area contributed by atoms with Crippen LogP contribution in [-0.4, -0.2) is 47.6 Å². The molecule has 1 aromatic heterocycles. The van der Waals surface area contributed by atoms with Crippen molar-refractivity contribution < 1.29 is 19.1 Å². The summed E-state index contributed by atoms with van der Waals surface area (Å²) in [6.07, 6.45) is 6.55. The van der Waals surface area contributed by atoms with E-state index in [1.165, 1.54) is 0 Å². The van der Waals surface area contributed by atoms with Gasteiger partial charge in [0.15, 0.2) is 0 Å². The third-order valence-electron chi connectivity index (χ3n) is 6.77. The lowest BCUT2D eigenvalue weighted by molar-refractivity contribution is -0.158. The second kappa shape index (κ2) is 9.55. The molecule has 7 nitrogen and oxygen atoms in total. The zero-order chi connectivity index (χ0) is 22.8.